The molecule has 0 spiro atoms. The van der Waals surface area contributed by atoms with E-state index in [1.54, 1.807) is 25.3 Å². The number of carbonyl (C=O) groups excluding carboxylic acids is 1. The van der Waals surface area contributed by atoms with Gasteiger partial charge in [0.2, 0.25) is 0 Å². The number of nitrogens with zero attached hydrogens (tertiary/aromatic N) is 1. The van der Waals surface area contributed by atoms with Gasteiger partial charge in [0.1, 0.15) is 0 Å². The first-order chi connectivity index (χ1) is 6.16. The molecule has 4 heteroatoms. The first kappa shape index (κ1) is 10.2. The Balaban J connectivity index is 2.95. The lowest BCUT2D eigenvalue weighted by molar-refractivity contribution is 0.0969. The summed E-state index contributed by atoms with van der Waals surface area (Å²) in [6, 6.07) is 2.92. The summed E-state index contributed by atoms with van der Waals surface area (Å²) in [6.07, 6.45) is 1.65. The summed E-state index contributed by atoms with van der Waals surface area (Å²) < 4.78 is 0. The van der Waals surface area contributed by atoms with Crippen LogP contribution in [-0.4, -0.2) is 22.6 Å². The summed E-state index contributed by atoms with van der Waals surface area (Å²) in [4.78, 5) is 15.6. The molecular formula is C9H12N2OS. The molecule has 1 heterocycles. The van der Waals surface area contributed by atoms with E-state index in [0.29, 0.717) is 17.0 Å². The molecule has 0 aliphatic carbocycles. The van der Waals surface area contributed by atoms with Crippen LogP contribution in [-0.2, 0) is 0 Å². The third-order valence-electron chi connectivity index (χ3n) is 1.81. The Morgan fingerprint density at radius 1 is 1.77 bits per heavy atom. The summed E-state index contributed by atoms with van der Waals surface area (Å²) in [5.41, 5.74) is 6.86. The Morgan fingerprint density at radius 2 is 2.46 bits per heavy atom. The molecule has 0 amide bonds. The van der Waals surface area contributed by atoms with Crippen molar-refractivity contribution in [1.29, 1.82) is 0 Å². The van der Waals surface area contributed by atoms with Crippen molar-refractivity contribution in [1.82, 2.24) is 4.98 Å². The third-order valence-corrected chi connectivity index (χ3v) is 2.20. The minimum atomic E-state index is -0.536. The first-order valence-electron chi connectivity index (χ1n) is 3.99. The van der Waals surface area contributed by atoms with E-state index < -0.39 is 6.04 Å². The highest BCUT2D eigenvalue weighted by molar-refractivity contribution is 7.80. The average molecular weight is 196 g/mol. The topological polar surface area (TPSA) is 56.0 Å². The lowest BCUT2D eigenvalue weighted by Gasteiger charge is -2.08. The van der Waals surface area contributed by atoms with Gasteiger partial charge in [0, 0.05) is 23.2 Å². The Hall–Kier alpha value is -0.870. The fraction of sp³-hybridized carbons (Fsp3) is 0.333. The minimum Gasteiger partial charge on any atom is -0.321 e. The molecule has 0 aromatic carbocycles. The Kier molecular flexibility index (Phi) is 3.45. The van der Waals surface area contributed by atoms with Crippen LogP contribution < -0.4 is 5.73 Å². The van der Waals surface area contributed by atoms with E-state index in [-0.39, 0.29) is 5.78 Å². The second kappa shape index (κ2) is 4.39. The van der Waals surface area contributed by atoms with Gasteiger partial charge in [-0.05, 0) is 19.1 Å². The molecule has 0 aliphatic heterocycles. The fourth-order valence-electron chi connectivity index (χ4n) is 1.03. The highest BCUT2D eigenvalue weighted by Crippen LogP contribution is 2.06. The van der Waals surface area contributed by atoms with E-state index >= 15 is 0 Å². The Morgan fingerprint density at radius 3 is 3.00 bits per heavy atom. The van der Waals surface area contributed by atoms with Crippen LogP contribution in [0.15, 0.2) is 18.3 Å². The van der Waals surface area contributed by atoms with Gasteiger partial charge in [-0.3, -0.25) is 9.78 Å². The summed E-state index contributed by atoms with van der Waals surface area (Å²) >= 11 is 3.97. The number of rotatable bonds is 3. The van der Waals surface area contributed by atoms with Gasteiger partial charge in [0.15, 0.2) is 5.78 Å². The highest BCUT2D eigenvalue weighted by atomic mass is 32.1. The van der Waals surface area contributed by atoms with Gasteiger partial charge in [-0.1, -0.05) is 0 Å². The van der Waals surface area contributed by atoms with Crippen molar-refractivity contribution >= 4 is 18.4 Å². The smallest absolute Gasteiger partial charge is 0.182 e. The maximum Gasteiger partial charge on any atom is 0.182 e. The summed E-state index contributed by atoms with van der Waals surface area (Å²) in [6.45, 7) is 1.79. The molecule has 13 heavy (non-hydrogen) atoms. The van der Waals surface area contributed by atoms with E-state index in [0.717, 1.165) is 0 Å². The lowest BCUT2D eigenvalue weighted by Crippen LogP contribution is -2.32. The summed E-state index contributed by atoms with van der Waals surface area (Å²) in [7, 11) is 0. The van der Waals surface area contributed by atoms with Gasteiger partial charge in [0.25, 0.3) is 0 Å². The largest absolute Gasteiger partial charge is 0.321 e. The number of hydrogen-bond donors (Lipinski definition) is 2. The zero-order valence-corrected chi connectivity index (χ0v) is 8.29. The predicted octanol–water partition coefficient (Wildman–Crippen LogP) is 0.830. The Labute approximate surface area is 82.8 Å². The molecule has 0 unspecified atom stereocenters. The number of aryl methyl sites for hydroxylation is 1. The number of aromatic nitrogens is 1. The number of carbonyl (C=O) groups is 1. The van der Waals surface area contributed by atoms with E-state index in [2.05, 4.69) is 17.6 Å². The van der Waals surface area contributed by atoms with Gasteiger partial charge in [-0.15, -0.1) is 0 Å². The first-order valence-corrected chi connectivity index (χ1v) is 4.62. The predicted molar refractivity (Wildman–Crippen MR) is 55.1 cm³/mol. The zero-order valence-electron chi connectivity index (χ0n) is 7.40. The van der Waals surface area contributed by atoms with Gasteiger partial charge in [0.05, 0.1) is 6.04 Å². The molecule has 70 valence electrons. The molecule has 0 fully saturated rings. The van der Waals surface area contributed by atoms with Crippen molar-refractivity contribution in [3.05, 3.63) is 29.6 Å². The maximum atomic E-state index is 11.6. The van der Waals surface area contributed by atoms with Crippen LogP contribution in [0, 0.1) is 6.92 Å². The third kappa shape index (κ3) is 2.29. The fourth-order valence-corrected chi connectivity index (χ4v) is 1.19. The molecular weight excluding hydrogens is 184 g/mol. The number of Topliss-reactive ketones (excluding diaryl/α,β-unsaturated/α-hetero) is 1. The average Bonchev–Trinajstić information content (AvgIpc) is 2.16. The van der Waals surface area contributed by atoms with Crippen LogP contribution in [0.1, 0.15) is 16.1 Å². The molecule has 0 bridgehead atoms. The van der Waals surface area contributed by atoms with Crippen LogP contribution in [0.3, 0.4) is 0 Å². The van der Waals surface area contributed by atoms with Crippen molar-refractivity contribution in [2.75, 3.05) is 5.75 Å². The molecule has 0 radical (unpaired) electrons. The number of nitrogens with two attached hydrogens (primary N) is 1. The zero-order chi connectivity index (χ0) is 9.84. The summed E-state index contributed by atoms with van der Waals surface area (Å²) in [5.74, 6) is 0.258. The van der Waals surface area contributed by atoms with Crippen LogP contribution in [0.25, 0.3) is 0 Å². The number of pyridine rings is 1. The van der Waals surface area contributed by atoms with Gasteiger partial charge in [-0.25, -0.2) is 0 Å². The molecule has 1 rings (SSSR count). The van der Waals surface area contributed by atoms with Crippen LogP contribution in [0.2, 0.25) is 0 Å². The minimum absolute atomic E-state index is 0.0967. The van der Waals surface area contributed by atoms with Crippen LogP contribution in [0.4, 0.5) is 0 Å². The van der Waals surface area contributed by atoms with Crippen molar-refractivity contribution in [3.8, 4) is 0 Å². The van der Waals surface area contributed by atoms with E-state index in [9.17, 15) is 4.79 Å². The molecule has 2 N–H and O–H groups in total. The number of thiol groups is 1. The molecule has 1 aromatic rings. The number of ketones is 1. The van der Waals surface area contributed by atoms with Crippen molar-refractivity contribution in [2.45, 2.75) is 13.0 Å². The van der Waals surface area contributed by atoms with Crippen molar-refractivity contribution < 1.29 is 4.79 Å². The SMILES string of the molecule is Cc1ncccc1C(=O)[C@@H](N)CS. The Bertz CT molecular complexity index is 314. The normalized spacial score (nSPS) is 12.5. The van der Waals surface area contributed by atoms with Crippen LogP contribution >= 0.6 is 12.6 Å². The van der Waals surface area contributed by atoms with Gasteiger partial charge >= 0.3 is 0 Å². The lowest BCUT2D eigenvalue weighted by atomic mass is 10.1. The molecule has 1 aromatic heterocycles. The number of hydrogen-bond acceptors (Lipinski definition) is 4. The van der Waals surface area contributed by atoms with E-state index in [1.165, 1.54) is 0 Å². The van der Waals surface area contributed by atoms with Gasteiger partial charge < -0.3 is 5.73 Å². The van der Waals surface area contributed by atoms with Crippen molar-refractivity contribution in [3.63, 3.8) is 0 Å². The quantitative estimate of drug-likeness (QED) is 0.556. The second-order valence-corrected chi connectivity index (χ2v) is 3.15. The maximum absolute atomic E-state index is 11.6. The molecule has 3 nitrogen and oxygen atoms in total. The van der Waals surface area contributed by atoms with E-state index in [4.69, 9.17) is 5.73 Å². The van der Waals surface area contributed by atoms with Gasteiger partial charge in [-0.2, -0.15) is 12.6 Å². The second-order valence-electron chi connectivity index (χ2n) is 2.79. The standard InChI is InChI=1S/C9H12N2OS/c1-6-7(3-2-4-11-6)9(12)8(10)5-13/h2-4,8,13H,5,10H2,1H3/t8-/m0/s1. The van der Waals surface area contributed by atoms with Crippen molar-refractivity contribution in [2.24, 2.45) is 5.73 Å². The molecule has 1 atom stereocenters. The molecule has 0 aliphatic rings. The molecule has 0 saturated heterocycles. The van der Waals surface area contributed by atoms with E-state index in [1.807, 2.05) is 0 Å². The highest BCUT2D eigenvalue weighted by Gasteiger charge is 2.15. The van der Waals surface area contributed by atoms with Crippen LogP contribution in [0.5, 0.6) is 0 Å². The summed E-state index contributed by atoms with van der Waals surface area (Å²) in [5, 5.41) is 0. The molecule has 0 saturated carbocycles. The monoisotopic (exact) mass is 196 g/mol.